The Morgan fingerprint density at radius 3 is 2.67 bits per heavy atom. The Hall–Kier alpha value is -3.28. The lowest BCUT2D eigenvalue weighted by molar-refractivity contribution is 0.0593. The van der Waals surface area contributed by atoms with Crippen molar-refractivity contribution in [2.45, 2.75) is 32.8 Å². The molecule has 1 aliphatic heterocycles. The van der Waals surface area contributed by atoms with Crippen LogP contribution >= 0.6 is 0 Å². The lowest BCUT2D eigenvalue weighted by Crippen LogP contribution is -2.34. The minimum absolute atomic E-state index is 0.364. The Bertz CT molecular complexity index is 1100. The third-order valence-electron chi connectivity index (χ3n) is 5.48. The van der Waals surface area contributed by atoms with E-state index in [1.807, 2.05) is 30.3 Å². The maximum atomic E-state index is 12.8. The Balaban J connectivity index is 2.11. The number of hydrogen-bond acceptors (Lipinski definition) is 5. The topological polar surface area (TPSA) is 73.4 Å². The van der Waals surface area contributed by atoms with Gasteiger partial charge < -0.3 is 19.2 Å². The Labute approximate surface area is 176 Å². The summed E-state index contributed by atoms with van der Waals surface area (Å²) in [6, 6.07) is 9.57. The van der Waals surface area contributed by atoms with Crippen LogP contribution in [0.1, 0.15) is 43.2 Å². The molecule has 0 saturated carbocycles. The van der Waals surface area contributed by atoms with Gasteiger partial charge in [-0.3, -0.25) is 4.98 Å². The number of ether oxygens (including phenoxy) is 3. The van der Waals surface area contributed by atoms with Gasteiger partial charge in [0.1, 0.15) is 22.8 Å². The number of aromatic amines is 1. The van der Waals surface area contributed by atoms with Crippen molar-refractivity contribution in [3.8, 4) is 33.9 Å². The first-order chi connectivity index (χ1) is 14.4. The number of nitrogens with zero attached hydrogens (tertiary/aromatic N) is 1. The maximum Gasteiger partial charge on any atom is 0.355 e. The summed E-state index contributed by atoms with van der Waals surface area (Å²) in [5.74, 6) is 1.30. The fraction of sp³-hybridized carbons (Fsp3) is 0.333. The highest BCUT2D eigenvalue weighted by molar-refractivity contribution is 6.01. The van der Waals surface area contributed by atoms with Crippen LogP contribution in [0.2, 0.25) is 0 Å². The van der Waals surface area contributed by atoms with Gasteiger partial charge in [-0.2, -0.15) is 0 Å². The van der Waals surface area contributed by atoms with E-state index in [9.17, 15) is 4.79 Å². The van der Waals surface area contributed by atoms with E-state index in [4.69, 9.17) is 14.2 Å². The summed E-state index contributed by atoms with van der Waals surface area (Å²) in [7, 11) is 3.01. The van der Waals surface area contributed by atoms with Crippen LogP contribution in [0.4, 0.5) is 0 Å². The van der Waals surface area contributed by atoms with Gasteiger partial charge in [0.25, 0.3) is 0 Å². The molecule has 1 unspecified atom stereocenters. The highest BCUT2D eigenvalue weighted by Crippen LogP contribution is 2.52. The van der Waals surface area contributed by atoms with E-state index in [2.05, 4.69) is 30.7 Å². The normalized spacial score (nSPS) is 17.1. The monoisotopic (exact) mass is 406 g/mol. The van der Waals surface area contributed by atoms with Crippen molar-refractivity contribution in [2.24, 2.45) is 5.92 Å². The van der Waals surface area contributed by atoms with Crippen LogP contribution in [-0.2, 0) is 10.3 Å². The fourth-order valence-corrected chi connectivity index (χ4v) is 4.49. The Morgan fingerprint density at radius 2 is 1.97 bits per heavy atom. The van der Waals surface area contributed by atoms with Crippen molar-refractivity contribution in [1.82, 2.24) is 9.97 Å². The standard InChI is InChI=1S/C24H26N2O4/c1-14(2)12-24(3)20-19(15-8-6-7-9-17(15)28-4)22(23(27)29-5)26-21(20)16-10-11-25-13-18(16)30-24/h6-11,13-14,26H,12H2,1-5H3. The molecule has 3 aromatic rings. The Kier molecular flexibility index (Phi) is 5.02. The number of esters is 1. The number of benzene rings is 1. The second-order valence-electron chi connectivity index (χ2n) is 8.12. The second kappa shape index (κ2) is 7.52. The quantitative estimate of drug-likeness (QED) is 0.590. The number of nitrogens with one attached hydrogen (secondary N) is 1. The summed E-state index contributed by atoms with van der Waals surface area (Å²) >= 11 is 0. The molecule has 0 spiro atoms. The first kappa shape index (κ1) is 20.0. The molecule has 6 nitrogen and oxygen atoms in total. The van der Waals surface area contributed by atoms with E-state index in [0.717, 1.165) is 34.4 Å². The van der Waals surface area contributed by atoms with Crippen LogP contribution in [0.25, 0.3) is 22.4 Å². The number of fused-ring (bicyclic) bond motifs is 3. The summed E-state index contributed by atoms with van der Waals surface area (Å²) in [6.45, 7) is 6.38. The summed E-state index contributed by atoms with van der Waals surface area (Å²) in [5, 5.41) is 0. The molecule has 30 heavy (non-hydrogen) atoms. The van der Waals surface area contributed by atoms with E-state index in [0.29, 0.717) is 23.1 Å². The molecule has 0 fully saturated rings. The predicted molar refractivity (Wildman–Crippen MR) is 115 cm³/mol. The Morgan fingerprint density at radius 1 is 1.20 bits per heavy atom. The number of carbonyl (C=O) groups excluding carboxylic acids is 1. The minimum atomic E-state index is -0.668. The molecule has 3 heterocycles. The smallest absolute Gasteiger partial charge is 0.355 e. The number of hydrogen-bond donors (Lipinski definition) is 1. The van der Waals surface area contributed by atoms with E-state index < -0.39 is 11.6 Å². The molecule has 0 amide bonds. The molecule has 0 bridgehead atoms. The molecule has 1 aromatic carbocycles. The third kappa shape index (κ3) is 3.12. The third-order valence-corrected chi connectivity index (χ3v) is 5.48. The molecule has 1 atom stereocenters. The average molecular weight is 406 g/mol. The van der Waals surface area contributed by atoms with Crippen LogP contribution in [0.15, 0.2) is 42.7 Å². The van der Waals surface area contributed by atoms with Gasteiger partial charge in [0.05, 0.1) is 26.1 Å². The van der Waals surface area contributed by atoms with Gasteiger partial charge in [-0.1, -0.05) is 32.0 Å². The molecule has 0 radical (unpaired) electrons. The highest BCUT2D eigenvalue weighted by atomic mass is 16.5. The van der Waals surface area contributed by atoms with Gasteiger partial charge in [0, 0.05) is 28.5 Å². The van der Waals surface area contributed by atoms with Crippen molar-refractivity contribution in [1.29, 1.82) is 0 Å². The zero-order valence-corrected chi connectivity index (χ0v) is 17.9. The van der Waals surface area contributed by atoms with Gasteiger partial charge in [-0.05, 0) is 31.4 Å². The summed E-state index contributed by atoms with van der Waals surface area (Å²) in [6.07, 6.45) is 4.20. The molecule has 0 aliphatic carbocycles. The van der Waals surface area contributed by atoms with Crippen LogP contribution in [-0.4, -0.2) is 30.2 Å². The molecule has 0 saturated heterocycles. The van der Waals surface area contributed by atoms with Gasteiger partial charge in [0.2, 0.25) is 0 Å². The zero-order valence-electron chi connectivity index (χ0n) is 17.9. The summed E-state index contributed by atoms with van der Waals surface area (Å²) in [5.41, 5.74) is 3.93. The lowest BCUT2D eigenvalue weighted by atomic mass is 9.80. The molecule has 1 aliphatic rings. The van der Waals surface area contributed by atoms with Crippen LogP contribution < -0.4 is 9.47 Å². The SMILES string of the molecule is COC(=O)c1[nH]c2c(c1-c1ccccc1OC)C(C)(CC(C)C)Oc1cnccc1-2. The van der Waals surface area contributed by atoms with Gasteiger partial charge in [-0.15, -0.1) is 0 Å². The first-order valence-corrected chi connectivity index (χ1v) is 10.0. The van der Waals surface area contributed by atoms with E-state index in [1.165, 1.54) is 7.11 Å². The number of methoxy groups -OCH3 is 2. The summed E-state index contributed by atoms with van der Waals surface area (Å²) < 4.78 is 17.3. The molecule has 4 rings (SSSR count). The van der Waals surface area contributed by atoms with E-state index in [-0.39, 0.29) is 0 Å². The summed E-state index contributed by atoms with van der Waals surface area (Å²) in [4.78, 5) is 20.4. The number of para-hydroxylation sites is 1. The number of carbonyl (C=O) groups is 1. The number of rotatable bonds is 5. The lowest BCUT2D eigenvalue weighted by Gasteiger charge is -2.38. The highest BCUT2D eigenvalue weighted by Gasteiger charge is 2.43. The van der Waals surface area contributed by atoms with Crippen molar-refractivity contribution in [2.75, 3.05) is 14.2 Å². The molecular weight excluding hydrogens is 380 g/mol. The number of H-pyrrole nitrogens is 1. The average Bonchev–Trinajstić information content (AvgIpc) is 3.14. The van der Waals surface area contributed by atoms with E-state index >= 15 is 0 Å². The van der Waals surface area contributed by atoms with Crippen molar-refractivity contribution in [3.05, 3.63) is 54.0 Å². The molecule has 2 aromatic heterocycles. The minimum Gasteiger partial charge on any atom is -0.496 e. The van der Waals surface area contributed by atoms with Crippen LogP contribution in [0.5, 0.6) is 11.5 Å². The van der Waals surface area contributed by atoms with Crippen molar-refractivity contribution >= 4 is 5.97 Å². The maximum absolute atomic E-state index is 12.8. The van der Waals surface area contributed by atoms with Crippen LogP contribution in [0.3, 0.4) is 0 Å². The molecule has 1 N–H and O–H groups in total. The molecule has 156 valence electrons. The fourth-order valence-electron chi connectivity index (χ4n) is 4.49. The van der Waals surface area contributed by atoms with E-state index in [1.54, 1.807) is 19.5 Å². The molecular formula is C24H26N2O4. The van der Waals surface area contributed by atoms with Crippen molar-refractivity contribution < 1.29 is 19.0 Å². The largest absolute Gasteiger partial charge is 0.496 e. The van der Waals surface area contributed by atoms with Gasteiger partial charge >= 0.3 is 5.97 Å². The van der Waals surface area contributed by atoms with Gasteiger partial charge in [-0.25, -0.2) is 4.79 Å². The number of pyridine rings is 1. The molecule has 6 heteroatoms. The first-order valence-electron chi connectivity index (χ1n) is 10.0. The van der Waals surface area contributed by atoms with Gasteiger partial charge in [0.15, 0.2) is 0 Å². The van der Waals surface area contributed by atoms with Crippen molar-refractivity contribution in [3.63, 3.8) is 0 Å². The predicted octanol–water partition coefficient (Wildman–Crippen LogP) is 5.19. The van der Waals surface area contributed by atoms with Crippen LogP contribution in [0, 0.1) is 5.92 Å². The second-order valence-corrected chi connectivity index (χ2v) is 8.12. The number of aromatic nitrogens is 2. The zero-order chi connectivity index (χ0) is 21.5.